The van der Waals surface area contributed by atoms with E-state index in [9.17, 15) is 9.59 Å². The number of aromatic amines is 1. The van der Waals surface area contributed by atoms with Crippen LogP contribution in [0.5, 0.6) is 11.5 Å². The number of fused-ring (bicyclic) bond motifs is 1. The maximum absolute atomic E-state index is 12.1. The van der Waals surface area contributed by atoms with Crippen LogP contribution in [0.15, 0.2) is 51.9 Å². The molecular formula is C19H12Cl2N4O4. The lowest BCUT2D eigenvalue weighted by molar-refractivity contribution is 0.101. The summed E-state index contributed by atoms with van der Waals surface area (Å²) in [6.45, 7) is 1.98. The summed E-state index contributed by atoms with van der Waals surface area (Å²) in [6.07, 6.45) is 1.74. The summed E-state index contributed by atoms with van der Waals surface area (Å²) in [6, 6.07) is 10.3. The smallest absolute Gasteiger partial charge is 0.439 e. The van der Waals surface area contributed by atoms with E-state index < -0.39 is 11.7 Å². The highest BCUT2D eigenvalue weighted by molar-refractivity contribution is 6.37. The van der Waals surface area contributed by atoms with E-state index in [1.54, 1.807) is 12.3 Å². The van der Waals surface area contributed by atoms with Crippen LogP contribution >= 0.6 is 23.2 Å². The zero-order chi connectivity index (χ0) is 20.5. The quantitative estimate of drug-likeness (QED) is 0.490. The summed E-state index contributed by atoms with van der Waals surface area (Å²) >= 11 is 12.6. The third-order valence-corrected chi connectivity index (χ3v) is 4.62. The predicted octanol–water partition coefficient (Wildman–Crippen LogP) is 4.57. The number of H-pyrrole nitrogens is 1. The SMILES string of the molecule is Cc1ccnc2ccc(Oc3c(Cl)cc(NC(=O)c4noc(=O)[nH]4)cc3Cl)cc12. The molecule has 0 fully saturated rings. The first-order valence-electron chi connectivity index (χ1n) is 8.30. The number of amides is 1. The lowest BCUT2D eigenvalue weighted by Crippen LogP contribution is -2.14. The maximum atomic E-state index is 12.1. The first-order chi connectivity index (χ1) is 13.9. The van der Waals surface area contributed by atoms with Gasteiger partial charge in [0.05, 0.1) is 15.6 Å². The van der Waals surface area contributed by atoms with Crippen molar-refractivity contribution in [2.45, 2.75) is 6.92 Å². The van der Waals surface area contributed by atoms with E-state index in [2.05, 4.69) is 25.0 Å². The molecule has 0 bridgehead atoms. The Morgan fingerprint density at radius 3 is 2.62 bits per heavy atom. The number of carbonyl (C=O) groups excluding carboxylic acids is 1. The van der Waals surface area contributed by atoms with Crippen LogP contribution in [-0.4, -0.2) is 21.0 Å². The number of rotatable bonds is 4. The van der Waals surface area contributed by atoms with Crippen molar-refractivity contribution in [2.24, 2.45) is 0 Å². The van der Waals surface area contributed by atoms with Crippen LogP contribution in [0.2, 0.25) is 10.0 Å². The Labute approximate surface area is 173 Å². The minimum absolute atomic E-state index is 0.185. The minimum Gasteiger partial charge on any atom is -0.454 e. The van der Waals surface area contributed by atoms with E-state index in [0.717, 1.165) is 16.5 Å². The molecule has 0 aliphatic heterocycles. The standard InChI is InChI=1S/C19H12Cl2N4O4/c1-9-4-5-22-15-3-2-11(8-12(9)15)28-16-13(20)6-10(7-14(16)21)23-18(26)17-24-19(27)29-25-17/h2-8H,1H3,(H,23,26)(H,24,25,27). The van der Waals surface area contributed by atoms with E-state index in [1.807, 2.05) is 25.1 Å². The van der Waals surface area contributed by atoms with E-state index in [0.29, 0.717) is 11.4 Å². The van der Waals surface area contributed by atoms with Gasteiger partial charge in [0.1, 0.15) is 5.75 Å². The third kappa shape index (κ3) is 3.94. The third-order valence-electron chi connectivity index (χ3n) is 4.06. The molecule has 4 rings (SSSR count). The second kappa shape index (κ2) is 7.57. The van der Waals surface area contributed by atoms with Crippen LogP contribution in [-0.2, 0) is 0 Å². The number of hydrogen-bond donors (Lipinski definition) is 2. The average Bonchev–Trinajstić information content (AvgIpc) is 3.12. The van der Waals surface area contributed by atoms with Crippen molar-refractivity contribution < 1.29 is 14.1 Å². The molecule has 2 aromatic heterocycles. The first-order valence-corrected chi connectivity index (χ1v) is 9.06. The summed E-state index contributed by atoms with van der Waals surface area (Å²) in [4.78, 5) is 29.5. The summed E-state index contributed by atoms with van der Waals surface area (Å²) in [5, 5.41) is 7.14. The normalized spacial score (nSPS) is 10.9. The highest BCUT2D eigenvalue weighted by Crippen LogP contribution is 2.39. The van der Waals surface area contributed by atoms with Gasteiger partial charge in [-0.2, -0.15) is 0 Å². The van der Waals surface area contributed by atoms with Gasteiger partial charge in [0.25, 0.3) is 5.91 Å². The molecular weight excluding hydrogens is 419 g/mol. The van der Waals surface area contributed by atoms with E-state index in [-0.39, 0.29) is 21.6 Å². The number of nitrogens with one attached hydrogen (secondary N) is 2. The Kier molecular flexibility index (Phi) is 4.96. The Bertz CT molecular complexity index is 1280. The Hall–Kier alpha value is -3.36. The van der Waals surface area contributed by atoms with Crippen molar-refractivity contribution in [2.75, 3.05) is 5.32 Å². The number of benzene rings is 2. The molecule has 8 nitrogen and oxygen atoms in total. The van der Waals surface area contributed by atoms with Crippen LogP contribution in [0.4, 0.5) is 5.69 Å². The highest BCUT2D eigenvalue weighted by Gasteiger charge is 2.16. The average molecular weight is 431 g/mol. The van der Waals surface area contributed by atoms with Gasteiger partial charge >= 0.3 is 5.76 Å². The van der Waals surface area contributed by atoms with Crippen molar-refractivity contribution in [3.8, 4) is 11.5 Å². The molecule has 0 aliphatic carbocycles. The van der Waals surface area contributed by atoms with Crippen molar-refractivity contribution >= 4 is 45.7 Å². The molecule has 2 aromatic carbocycles. The predicted molar refractivity (Wildman–Crippen MR) is 108 cm³/mol. The molecule has 0 spiro atoms. The topological polar surface area (TPSA) is 110 Å². The highest BCUT2D eigenvalue weighted by atomic mass is 35.5. The first kappa shape index (κ1) is 19.0. The molecule has 2 N–H and O–H groups in total. The van der Waals surface area contributed by atoms with Gasteiger partial charge in [-0.15, -0.1) is 0 Å². The fourth-order valence-electron chi connectivity index (χ4n) is 2.69. The number of halogens is 2. The molecule has 0 unspecified atom stereocenters. The van der Waals surface area contributed by atoms with Gasteiger partial charge < -0.3 is 10.1 Å². The fraction of sp³-hybridized carbons (Fsp3) is 0.0526. The molecule has 146 valence electrons. The Balaban J connectivity index is 1.60. The summed E-state index contributed by atoms with van der Waals surface area (Å²) in [5.74, 6) is -1.02. The molecule has 0 radical (unpaired) electrons. The number of carbonyl (C=O) groups is 1. The van der Waals surface area contributed by atoms with Gasteiger partial charge in [-0.1, -0.05) is 23.2 Å². The van der Waals surface area contributed by atoms with E-state index in [1.165, 1.54) is 12.1 Å². The number of anilines is 1. The van der Waals surface area contributed by atoms with Crippen LogP contribution < -0.4 is 15.8 Å². The maximum Gasteiger partial charge on any atom is 0.439 e. The van der Waals surface area contributed by atoms with Gasteiger partial charge in [0.15, 0.2) is 5.75 Å². The monoisotopic (exact) mass is 430 g/mol. The van der Waals surface area contributed by atoms with Crippen LogP contribution in [0.1, 0.15) is 16.2 Å². The van der Waals surface area contributed by atoms with Crippen molar-refractivity contribution in [1.82, 2.24) is 15.1 Å². The van der Waals surface area contributed by atoms with E-state index >= 15 is 0 Å². The molecule has 2 heterocycles. The summed E-state index contributed by atoms with van der Waals surface area (Å²) in [7, 11) is 0. The van der Waals surface area contributed by atoms with Gasteiger partial charge in [0, 0.05) is 17.3 Å². The van der Waals surface area contributed by atoms with Gasteiger partial charge in [-0.25, -0.2) is 4.79 Å². The van der Waals surface area contributed by atoms with Crippen LogP contribution in [0.25, 0.3) is 10.9 Å². The Morgan fingerprint density at radius 1 is 1.17 bits per heavy atom. The summed E-state index contributed by atoms with van der Waals surface area (Å²) < 4.78 is 10.2. The molecule has 29 heavy (non-hydrogen) atoms. The lowest BCUT2D eigenvalue weighted by atomic mass is 10.1. The molecule has 10 heteroatoms. The Morgan fingerprint density at radius 2 is 1.93 bits per heavy atom. The zero-order valence-corrected chi connectivity index (χ0v) is 16.3. The van der Waals surface area contributed by atoms with Crippen LogP contribution in [0, 0.1) is 6.92 Å². The number of hydrogen-bond acceptors (Lipinski definition) is 6. The number of nitrogens with zero attached hydrogens (tertiary/aromatic N) is 2. The fourth-order valence-corrected chi connectivity index (χ4v) is 3.26. The number of pyridine rings is 1. The van der Waals surface area contributed by atoms with E-state index in [4.69, 9.17) is 27.9 Å². The van der Waals surface area contributed by atoms with Gasteiger partial charge in [-0.05, 0) is 54.0 Å². The number of ether oxygens (including phenoxy) is 1. The lowest BCUT2D eigenvalue weighted by Gasteiger charge is -2.13. The molecule has 4 aromatic rings. The number of aromatic nitrogens is 3. The largest absolute Gasteiger partial charge is 0.454 e. The van der Waals surface area contributed by atoms with Crippen molar-refractivity contribution in [3.63, 3.8) is 0 Å². The zero-order valence-electron chi connectivity index (χ0n) is 14.8. The molecule has 0 atom stereocenters. The minimum atomic E-state index is -0.837. The number of aryl methyl sites for hydroxylation is 1. The molecule has 0 saturated heterocycles. The summed E-state index contributed by atoms with van der Waals surface area (Å²) in [5.41, 5.74) is 2.19. The second-order valence-electron chi connectivity index (χ2n) is 6.08. The van der Waals surface area contributed by atoms with Gasteiger partial charge in [0.2, 0.25) is 5.82 Å². The van der Waals surface area contributed by atoms with Crippen molar-refractivity contribution in [1.29, 1.82) is 0 Å². The molecule has 0 saturated carbocycles. The van der Waals surface area contributed by atoms with Crippen molar-refractivity contribution in [3.05, 3.63) is 74.6 Å². The van der Waals surface area contributed by atoms with Crippen LogP contribution in [0.3, 0.4) is 0 Å². The second-order valence-corrected chi connectivity index (χ2v) is 6.89. The molecule has 0 aliphatic rings. The van der Waals surface area contributed by atoms with Gasteiger partial charge in [-0.3, -0.25) is 19.3 Å². The molecule has 1 amide bonds.